The Morgan fingerprint density at radius 2 is 2.00 bits per heavy atom. The number of carbonyl (C=O) groups excluding carboxylic acids is 3. The molecule has 1 unspecified atom stereocenters. The van der Waals surface area contributed by atoms with E-state index >= 15 is 0 Å². The number of imide groups is 1. The standard InChI is InChI=1S/C20H20N2O3S/c1-13-4-5-15-16(11-13)20(25)22(19(15)24)9-6-18(23)21-8-2-3-17(21)14-7-10-26-12-14/h4-5,7,10-12,17H,2-3,6,8-9H2,1H3. The molecule has 134 valence electrons. The van der Waals surface area contributed by atoms with Crippen LogP contribution in [0.5, 0.6) is 0 Å². The van der Waals surface area contributed by atoms with Crippen LogP contribution in [-0.4, -0.2) is 40.6 Å². The Morgan fingerprint density at radius 1 is 1.19 bits per heavy atom. The lowest BCUT2D eigenvalue weighted by Gasteiger charge is -2.25. The summed E-state index contributed by atoms with van der Waals surface area (Å²) in [7, 11) is 0. The van der Waals surface area contributed by atoms with Crippen molar-refractivity contribution in [1.29, 1.82) is 0 Å². The average molecular weight is 368 g/mol. The molecule has 1 saturated heterocycles. The predicted octanol–water partition coefficient (Wildman–Crippen LogP) is 3.41. The first-order valence-corrected chi connectivity index (χ1v) is 9.79. The summed E-state index contributed by atoms with van der Waals surface area (Å²) in [5, 5.41) is 4.11. The summed E-state index contributed by atoms with van der Waals surface area (Å²) < 4.78 is 0. The van der Waals surface area contributed by atoms with Crippen molar-refractivity contribution in [3.05, 3.63) is 57.3 Å². The molecule has 0 saturated carbocycles. The van der Waals surface area contributed by atoms with Gasteiger partial charge in [-0.15, -0.1) is 0 Å². The maximum atomic E-state index is 12.7. The first kappa shape index (κ1) is 17.0. The Balaban J connectivity index is 1.44. The quantitative estimate of drug-likeness (QED) is 0.777. The van der Waals surface area contributed by atoms with Gasteiger partial charge in [0.2, 0.25) is 5.91 Å². The number of fused-ring (bicyclic) bond motifs is 1. The SMILES string of the molecule is Cc1ccc2c(c1)C(=O)N(CCC(=O)N1CCCC1c1ccsc1)C2=O. The number of benzene rings is 1. The molecule has 3 heterocycles. The highest BCUT2D eigenvalue weighted by Crippen LogP contribution is 2.33. The second kappa shape index (κ2) is 6.68. The normalized spacial score (nSPS) is 19.3. The summed E-state index contributed by atoms with van der Waals surface area (Å²) in [6.45, 7) is 2.76. The van der Waals surface area contributed by atoms with E-state index in [0.29, 0.717) is 11.1 Å². The molecule has 0 N–H and O–H groups in total. The van der Waals surface area contributed by atoms with Gasteiger partial charge in [-0.2, -0.15) is 11.3 Å². The van der Waals surface area contributed by atoms with Crippen LogP contribution in [0, 0.1) is 6.92 Å². The van der Waals surface area contributed by atoms with E-state index in [1.165, 1.54) is 10.5 Å². The van der Waals surface area contributed by atoms with E-state index in [0.717, 1.165) is 24.9 Å². The van der Waals surface area contributed by atoms with Crippen molar-refractivity contribution in [3.63, 3.8) is 0 Å². The van der Waals surface area contributed by atoms with Gasteiger partial charge in [0.1, 0.15) is 0 Å². The number of aryl methyl sites for hydroxylation is 1. The lowest BCUT2D eigenvalue weighted by molar-refractivity contribution is -0.132. The van der Waals surface area contributed by atoms with Crippen molar-refractivity contribution >= 4 is 29.1 Å². The zero-order valence-electron chi connectivity index (χ0n) is 14.6. The first-order valence-electron chi connectivity index (χ1n) is 8.84. The molecule has 2 aliphatic heterocycles. The number of hydrogen-bond donors (Lipinski definition) is 0. The Bertz CT molecular complexity index is 875. The number of amides is 3. The smallest absolute Gasteiger partial charge is 0.261 e. The molecule has 1 aromatic heterocycles. The molecule has 26 heavy (non-hydrogen) atoms. The van der Waals surface area contributed by atoms with Crippen LogP contribution in [0.2, 0.25) is 0 Å². The molecule has 2 aliphatic rings. The molecule has 0 aliphatic carbocycles. The van der Waals surface area contributed by atoms with E-state index < -0.39 is 0 Å². The molecule has 6 heteroatoms. The highest BCUT2D eigenvalue weighted by atomic mass is 32.1. The van der Waals surface area contributed by atoms with Gasteiger partial charge in [-0.1, -0.05) is 11.6 Å². The molecule has 1 atom stereocenters. The molecular weight excluding hydrogens is 348 g/mol. The van der Waals surface area contributed by atoms with Gasteiger partial charge in [0.15, 0.2) is 0 Å². The van der Waals surface area contributed by atoms with Crippen LogP contribution < -0.4 is 0 Å². The van der Waals surface area contributed by atoms with Crippen molar-refractivity contribution in [2.24, 2.45) is 0 Å². The fourth-order valence-electron chi connectivity index (χ4n) is 3.84. The zero-order valence-corrected chi connectivity index (χ0v) is 15.4. The Morgan fingerprint density at radius 3 is 2.77 bits per heavy atom. The second-order valence-corrected chi connectivity index (χ2v) is 7.64. The van der Waals surface area contributed by atoms with Crippen molar-refractivity contribution in [1.82, 2.24) is 9.80 Å². The van der Waals surface area contributed by atoms with Crippen LogP contribution in [0.25, 0.3) is 0 Å². The largest absolute Gasteiger partial charge is 0.336 e. The van der Waals surface area contributed by atoms with E-state index in [9.17, 15) is 14.4 Å². The first-order chi connectivity index (χ1) is 12.6. The monoisotopic (exact) mass is 368 g/mol. The molecule has 3 amide bonds. The number of nitrogens with zero attached hydrogens (tertiary/aromatic N) is 2. The average Bonchev–Trinajstić information content (AvgIpc) is 3.35. The predicted molar refractivity (Wildman–Crippen MR) is 99.2 cm³/mol. The van der Waals surface area contributed by atoms with Gasteiger partial charge in [0.05, 0.1) is 17.2 Å². The minimum atomic E-state index is -0.298. The molecule has 4 rings (SSSR count). The highest BCUT2D eigenvalue weighted by Gasteiger charge is 2.36. The Hall–Kier alpha value is -2.47. The maximum absolute atomic E-state index is 12.7. The molecule has 1 fully saturated rings. The van der Waals surface area contributed by atoms with E-state index in [1.54, 1.807) is 23.5 Å². The third kappa shape index (κ3) is 2.84. The van der Waals surface area contributed by atoms with E-state index in [1.807, 2.05) is 23.3 Å². The van der Waals surface area contributed by atoms with Crippen LogP contribution in [0.3, 0.4) is 0 Å². The summed E-state index contributed by atoms with van der Waals surface area (Å²) in [5.41, 5.74) is 3.00. The third-order valence-electron chi connectivity index (χ3n) is 5.18. The number of rotatable bonds is 4. The van der Waals surface area contributed by atoms with Gasteiger partial charge in [-0.3, -0.25) is 19.3 Å². The molecule has 0 spiro atoms. The Kier molecular flexibility index (Phi) is 4.36. The summed E-state index contributed by atoms with van der Waals surface area (Å²) >= 11 is 1.63. The van der Waals surface area contributed by atoms with Crippen LogP contribution in [0.15, 0.2) is 35.0 Å². The summed E-state index contributed by atoms with van der Waals surface area (Å²) in [4.78, 5) is 40.8. The maximum Gasteiger partial charge on any atom is 0.261 e. The van der Waals surface area contributed by atoms with Crippen LogP contribution in [0.1, 0.15) is 57.1 Å². The molecule has 0 radical (unpaired) electrons. The summed E-state index contributed by atoms with van der Waals surface area (Å²) in [6, 6.07) is 7.45. The minimum absolute atomic E-state index is 0.00596. The molecule has 5 nitrogen and oxygen atoms in total. The number of carbonyl (C=O) groups is 3. The molecular formula is C20H20N2O3S. The van der Waals surface area contributed by atoms with Gasteiger partial charge < -0.3 is 4.90 Å². The topological polar surface area (TPSA) is 57.7 Å². The minimum Gasteiger partial charge on any atom is -0.336 e. The van der Waals surface area contributed by atoms with Crippen molar-refractivity contribution < 1.29 is 14.4 Å². The summed E-state index contributed by atoms with van der Waals surface area (Å²) in [6.07, 6.45) is 2.12. The number of likely N-dealkylation sites (tertiary alicyclic amines) is 1. The van der Waals surface area contributed by atoms with E-state index in [-0.39, 0.29) is 36.7 Å². The fourth-order valence-corrected chi connectivity index (χ4v) is 4.54. The molecule has 1 aromatic carbocycles. The van der Waals surface area contributed by atoms with Gasteiger partial charge >= 0.3 is 0 Å². The molecule has 2 aromatic rings. The number of thiophene rings is 1. The second-order valence-electron chi connectivity index (χ2n) is 6.86. The lowest BCUT2D eigenvalue weighted by Crippen LogP contribution is -2.36. The van der Waals surface area contributed by atoms with Crippen LogP contribution >= 0.6 is 11.3 Å². The van der Waals surface area contributed by atoms with Gasteiger partial charge in [-0.05, 0) is 54.3 Å². The van der Waals surface area contributed by atoms with Gasteiger partial charge in [0, 0.05) is 19.5 Å². The highest BCUT2D eigenvalue weighted by molar-refractivity contribution is 7.08. The molecule has 0 bridgehead atoms. The lowest BCUT2D eigenvalue weighted by atomic mass is 10.1. The Labute approximate surface area is 156 Å². The van der Waals surface area contributed by atoms with Crippen molar-refractivity contribution in [3.8, 4) is 0 Å². The number of hydrogen-bond acceptors (Lipinski definition) is 4. The van der Waals surface area contributed by atoms with Crippen molar-refractivity contribution in [2.45, 2.75) is 32.2 Å². The third-order valence-corrected chi connectivity index (χ3v) is 5.88. The van der Waals surface area contributed by atoms with Gasteiger partial charge in [0.25, 0.3) is 11.8 Å². The van der Waals surface area contributed by atoms with Crippen LogP contribution in [-0.2, 0) is 4.79 Å². The van der Waals surface area contributed by atoms with Gasteiger partial charge in [-0.25, -0.2) is 0 Å². The summed E-state index contributed by atoms with van der Waals surface area (Å²) in [5.74, 6) is -0.586. The van der Waals surface area contributed by atoms with Crippen molar-refractivity contribution in [2.75, 3.05) is 13.1 Å². The fraction of sp³-hybridized carbons (Fsp3) is 0.350. The van der Waals surface area contributed by atoms with Crippen LogP contribution in [0.4, 0.5) is 0 Å². The van der Waals surface area contributed by atoms with E-state index in [2.05, 4.69) is 11.4 Å². The zero-order chi connectivity index (χ0) is 18.3. The van der Waals surface area contributed by atoms with E-state index in [4.69, 9.17) is 0 Å².